The number of halogens is 3. The molecule has 1 unspecified atom stereocenters. The lowest BCUT2D eigenvalue weighted by Crippen LogP contribution is -2.33. The second-order valence-corrected chi connectivity index (χ2v) is 3.44. The van der Waals surface area contributed by atoms with Gasteiger partial charge in [-0.05, 0) is 13.0 Å². The van der Waals surface area contributed by atoms with Gasteiger partial charge in [0.25, 0.3) is 0 Å². The van der Waals surface area contributed by atoms with Gasteiger partial charge in [0.2, 0.25) is 0 Å². The fraction of sp³-hybridized carbons (Fsp3) is 0.667. The van der Waals surface area contributed by atoms with E-state index in [2.05, 4.69) is 10.4 Å². The highest BCUT2D eigenvalue weighted by molar-refractivity contribution is 4.78. The van der Waals surface area contributed by atoms with Gasteiger partial charge in [-0.25, -0.2) is 0 Å². The van der Waals surface area contributed by atoms with Crippen LogP contribution >= 0.6 is 0 Å². The Kier molecular flexibility index (Phi) is 4.14. The van der Waals surface area contributed by atoms with Gasteiger partial charge in [-0.15, -0.1) is 0 Å². The van der Waals surface area contributed by atoms with Crippen LogP contribution in [0.4, 0.5) is 13.2 Å². The second kappa shape index (κ2) is 5.16. The van der Waals surface area contributed by atoms with Crippen molar-refractivity contribution in [3.8, 4) is 0 Å². The van der Waals surface area contributed by atoms with Crippen molar-refractivity contribution in [3.05, 3.63) is 18.5 Å². The van der Waals surface area contributed by atoms with Crippen molar-refractivity contribution in [1.82, 2.24) is 15.1 Å². The SMILES string of the molecule is CC(CC(F)(F)F)NCCn1cccn1. The van der Waals surface area contributed by atoms with E-state index in [0.717, 1.165) is 0 Å². The molecular weight excluding hydrogens is 207 g/mol. The third kappa shape index (κ3) is 5.41. The lowest BCUT2D eigenvalue weighted by atomic mass is 10.2. The first-order valence-electron chi connectivity index (χ1n) is 4.75. The van der Waals surface area contributed by atoms with Crippen molar-refractivity contribution in [2.24, 2.45) is 0 Å². The summed E-state index contributed by atoms with van der Waals surface area (Å²) in [5.74, 6) is 0. The van der Waals surface area contributed by atoms with Crippen molar-refractivity contribution < 1.29 is 13.2 Å². The molecule has 0 aromatic carbocycles. The van der Waals surface area contributed by atoms with E-state index >= 15 is 0 Å². The van der Waals surface area contributed by atoms with Crippen molar-refractivity contribution in [2.45, 2.75) is 32.1 Å². The quantitative estimate of drug-likeness (QED) is 0.821. The van der Waals surface area contributed by atoms with Gasteiger partial charge < -0.3 is 5.32 Å². The fourth-order valence-corrected chi connectivity index (χ4v) is 1.28. The Hall–Kier alpha value is -1.04. The molecule has 0 bridgehead atoms. The maximum atomic E-state index is 11.9. The Balaban J connectivity index is 2.15. The van der Waals surface area contributed by atoms with Crippen LogP contribution in [0.5, 0.6) is 0 Å². The van der Waals surface area contributed by atoms with E-state index in [-0.39, 0.29) is 0 Å². The van der Waals surface area contributed by atoms with E-state index in [1.807, 2.05) is 0 Å². The normalized spacial score (nSPS) is 14.1. The third-order valence-electron chi connectivity index (χ3n) is 1.93. The molecule has 1 heterocycles. The number of alkyl halides is 3. The van der Waals surface area contributed by atoms with Gasteiger partial charge in [0, 0.05) is 25.0 Å². The average molecular weight is 221 g/mol. The van der Waals surface area contributed by atoms with Crippen molar-refractivity contribution in [2.75, 3.05) is 6.54 Å². The van der Waals surface area contributed by atoms with Crippen LogP contribution in [-0.4, -0.2) is 28.5 Å². The average Bonchev–Trinajstić information content (AvgIpc) is 2.53. The summed E-state index contributed by atoms with van der Waals surface area (Å²) in [5.41, 5.74) is 0. The molecule has 15 heavy (non-hydrogen) atoms. The highest BCUT2D eigenvalue weighted by Crippen LogP contribution is 2.21. The minimum atomic E-state index is -4.10. The van der Waals surface area contributed by atoms with Crippen LogP contribution in [0, 0.1) is 0 Å². The minimum Gasteiger partial charge on any atom is -0.312 e. The Morgan fingerprint density at radius 2 is 2.20 bits per heavy atom. The zero-order valence-electron chi connectivity index (χ0n) is 8.46. The van der Waals surface area contributed by atoms with Crippen molar-refractivity contribution in [1.29, 1.82) is 0 Å². The summed E-state index contributed by atoms with van der Waals surface area (Å²) in [6.07, 6.45) is -1.49. The van der Waals surface area contributed by atoms with Gasteiger partial charge in [0.05, 0.1) is 13.0 Å². The van der Waals surface area contributed by atoms with Crippen molar-refractivity contribution in [3.63, 3.8) is 0 Å². The summed E-state index contributed by atoms with van der Waals surface area (Å²) < 4.78 is 37.5. The molecule has 0 saturated carbocycles. The molecule has 0 saturated heterocycles. The molecule has 0 radical (unpaired) electrons. The van der Waals surface area contributed by atoms with E-state index in [0.29, 0.717) is 13.1 Å². The molecule has 0 aliphatic rings. The molecule has 3 nitrogen and oxygen atoms in total. The highest BCUT2D eigenvalue weighted by Gasteiger charge is 2.29. The lowest BCUT2D eigenvalue weighted by molar-refractivity contribution is -0.139. The van der Waals surface area contributed by atoms with Gasteiger partial charge in [-0.1, -0.05) is 0 Å². The summed E-state index contributed by atoms with van der Waals surface area (Å²) in [7, 11) is 0. The smallest absolute Gasteiger partial charge is 0.312 e. The largest absolute Gasteiger partial charge is 0.390 e. The van der Waals surface area contributed by atoms with Crippen LogP contribution in [-0.2, 0) is 6.54 Å². The summed E-state index contributed by atoms with van der Waals surface area (Å²) in [5, 5.41) is 6.74. The predicted octanol–water partition coefficient (Wildman–Crippen LogP) is 1.81. The number of nitrogens with one attached hydrogen (secondary N) is 1. The van der Waals surface area contributed by atoms with E-state index < -0.39 is 18.6 Å². The maximum absolute atomic E-state index is 11.9. The molecule has 0 spiro atoms. The molecule has 86 valence electrons. The molecule has 0 aliphatic carbocycles. The Bertz CT molecular complexity index is 269. The molecule has 6 heteroatoms. The van der Waals surface area contributed by atoms with E-state index in [9.17, 15) is 13.2 Å². The maximum Gasteiger partial charge on any atom is 0.390 e. The van der Waals surface area contributed by atoms with Gasteiger partial charge in [0.15, 0.2) is 0 Å². The van der Waals surface area contributed by atoms with E-state index in [1.165, 1.54) is 6.92 Å². The molecule has 1 N–H and O–H groups in total. The minimum absolute atomic E-state index is 0.485. The van der Waals surface area contributed by atoms with Gasteiger partial charge in [0.1, 0.15) is 0 Å². The van der Waals surface area contributed by atoms with Crippen LogP contribution in [0.2, 0.25) is 0 Å². The summed E-state index contributed by atoms with van der Waals surface area (Å²) in [4.78, 5) is 0. The number of aromatic nitrogens is 2. The Morgan fingerprint density at radius 1 is 1.47 bits per heavy atom. The number of nitrogens with zero attached hydrogens (tertiary/aromatic N) is 2. The molecule has 1 aromatic heterocycles. The first-order valence-corrected chi connectivity index (χ1v) is 4.75. The Labute approximate surface area is 86.3 Å². The third-order valence-corrected chi connectivity index (χ3v) is 1.93. The first kappa shape index (κ1) is 12.0. The van der Waals surface area contributed by atoms with Crippen LogP contribution in [0.1, 0.15) is 13.3 Å². The fourth-order valence-electron chi connectivity index (χ4n) is 1.28. The summed E-state index contributed by atoms with van der Waals surface area (Å²) >= 11 is 0. The van der Waals surface area contributed by atoms with Crippen LogP contribution in [0.25, 0.3) is 0 Å². The van der Waals surface area contributed by atoms with E-state index in [4.69, 9.17) is 0 Å². The molecule has 1 aromatic rings. The lowest BCUT2D eigenvalue weighted by Gasteiger charge is -2.15. The number of rotatable bonds is 5. The van der Waals surface area contributed by atoms with E-state index in [1.54, 1.807) is 23.1 Å². The molecular formula is C9H14F3N3. The number of hydrogen-bond acceptors (Lipinski definition) is 2. The monoisotopic (exact) mass is 221 g/mol. The summed E-state index contributed by atoms with van der Waals surface area (Å²) in [6.45, 7) is 2.59. The zero-order chi connectivity index (χ0) is 11.3. The topological polar surface area (TPSA) is 29.9 Å². The van der Waals surface area contributed by atoms with Crippen molar-refractivity contribution >= 4 is 0 Å². The predicted molar refractivity (Wildman–Crippen MR) is 50.4 cm³/mol. The Morgan fingerprint density at radius 3 is 2.73 bits per heavy atom. The summed E-state index contributed by atoms with van der Waals surface area (Å²) in [6, 6.07) is 1.22. The second-order valence-electron chi connectivity index (χ2n) is 3.44. The van der Waals surface area contributed by atoms with Gasteiger partial charge in [-0.2, -0.15) is 18.3 Å². The molecule has 0 fully saturated rings. The standard InChI is InChI=1S/C9H14F3N3/c1-8(7-9(10,11)12)13-4-6-15-5-2-3-14-15/h2-3,5,8,13H,4,6-7H2,1H3. The van der Waals surface area contributed by atoms with Crippen LogP contribution in [0.15, 0.2) is 18.5 Å². The molecule has 0 amide bonds. The first-order chi connectivity index (χ1) is 6.97. The highest BCUT2D eigenvalue weighted by atomic mass is 19.4. The van der Waals surface area contributed by atoms with Crippen LogP contribution in [0.3, 0.4) is 0 Å². The molecule has 1 rings (SSSR count). The molecule has 1 atom stereocenters. The molecule has 0 aliphatic heterocycles. The van der Waals surface area contributed by atoms with Crippen LogP contribution < -0.4 is 5.32 Å². The number of hydrogen-bond donors (Lipinski definition) is 1. The zero-order valence-corrected chi connectivity index (χ0v) is 8.46. The van der Waals surface area contributed by atoms with Gasteiger partial charge >= 0.3 is 6.18 Å². The van der Waals surface area contributed by atoms with Gasteiger partial charge in [-0.3, -0.25) is 4.68 Å².